The van der Waals surface area contributed by atoms with E-state index in [4.69, 9.17) is 8.83 Å². The molecule has 0 bridgehead atoms. The van der Waals surface area contributed by atoms with Crippen LogP contribution in [0.5, 0.6) is 0 Å². The van der Waals surface area contributed by atoms with Crippen LogP contribution in [0.3, 0.4) is 0 Å². The Bertz CT molecular complexity index is 2700. The van der Waals surface area contributed by atoms with Gasteiger partial charge in [-0.2, -0.15) is 0 Å². The number of hydrogen-bond acceptors (Lipinski definition) is 3. The van der Waals surface area contributed by atoms with Crippen LogP contribution < -0.4 is 4.90 Å². The lowest BCUT2D eigenvalue weighted by Crippen LogP contribution is -2.26. The van der Waals surface area contributed by atoms with Crippen LogP contribution in [0.15, 0.2) is 173 Å². The van der Waals surface area contributed by atoms with Crippen molar-refractivity contribution < 1.29 is 8.83 Å². The molecule has 0 radical (unpaired) electrons. The van der Waals surface area contributed by atoms with Gasteiger partial charge in [-0.3, -0.25) is 0 Å². The Morgan fingerprint density at radius 1 is 0.417 bits per heavy atom. The van der Waals surface area contributed by atoms with Gasteiger partial charge in [-0.05, 0) is 70.3 Å². The summed E-state index contributed by atoms with van der Waals surface area (Å²) in [4.78, 5) is 2.36. The molecule has 224 valence electrons. The van der Waals surface area contributed by atoms with Crippen molar-refractivity contribution in [3.63, 3.8) is 0 Å². The molecule has 1 spiro atoms. The predicted molar refractivity (Wildman–Crippen MR) is 194 cm³/mol. The Labute approximate surface area is 276 Å². The molecule has 2 aromatic heterocycles. The van der Waals surface area contributed by atoms with Crippen LogP contribution in [0.1, 0.15) is 22.3 Å². The summed E-state index contributed by atoms with van der Waals surface area (Å²) in [5, 5.41) is 3.38. The highest BCUT2D eigenvalue weighted by molar-refractivity contribution is 6.08. The van der Waals surface area contributed by atoms with Crippen molar-refractivity contribution in [3.05, 3.63) is 186 Å². The van der Waals surface area contributed by atoms with Gasteiger partial charge in [-0.15, -0.1) is 0 Å². The first-order valence-electron chi connectivity index (χ1n) is 16.4. The summed E-state index contributed by atoms with van der Waals surface area (Å²) in [6.45, 7) is 0. The van der Waals surface area contributed by atoms with Gasteiger partial charge in [0, 0.05) is 44.7 Å². The fourth-order valence-electron chi connectivity index (χ4n) is 8.66. The van der Waals surface area contributed by atoms with Gasteiger partial charge < -0.3 is 13.7 Å². The van der Waals surface area contributed by atoms with Crippen LogP contribution in [0.4, 0.5) is 17.1 Å². The van der Waals surface area contributed by atoms with Gasteiger partial charge in [-0.1, -0.05) is 115 Å². The Kier molecular flexibility index (Phi) is 5.04. The van der Waals surface area contributed by atoms with E-state index in [0.29, 0.717) is 0 Å². The van der Waals surface area contributed by atoms with Crippen molar-refractivity contribution >= 4 is 50.0 Å². The topological polar surface area (TPSA) is 29.5 Å². The van der Waals surface area contributed by atoms with Crippen LogP contribution in [-0.4, -0.2) is 0 Å². The summed E-state index contributed by atoms with van der Waals surface area (Å²) < 4.78 is 13.4. The third-order valence-electron chi connectivity index (χ3n) is 10.5. The van der Waals surface area contributed by atoms with E-state index in [1.165, 1.54) is 33.4 Å². The lowest BCUT2D eigenvalue weighted by molar-refractivity contribution is 0.628. The molecule has 0 amide bonds. The van der Waals surface area contributed by atoms with Crippen molar-refractivity contribution in [1.29, 1.82) is 0 Å². The summed E-state index contributed by atoms with van der Waals surface area (Å²) in [7, 11) is 0. The molecule has 0 saturated heterocycles. The van der Waals surface area contributed by atoms with E-state index < -0.39 is 5.41 Å². The van der Waals surface area contributed by atoms with Crippen molar-refractivity contribution in [2.24, 2.45) is 0 Å². The second-order valence-corrected chi connectivity index (χ2v) is 12.8. The molecule has 2 aliphatic carbocycles. The molecule has 11 rings (SSSR count). The van der Waals surface area contributed by atoms with Gasteiger partial charge in [0.15, 0.2) is 0 Å². The second kappa shape index (κ2) is 9.37. The van der Waals surface area contributed by atoms with Crippen LogP contribution in [-0.2, 0) is 5.41 Å². The Hall–Kier alpha value is -6.32. The molecule has 0 fully saturated rings. The fourth-order valence-corrected chi connectivity index (χ4v) is 8.66. The molecule has 0 saturated carbocycles. The minimum atomic E-state index is -0.522. The number of hydrogen-bond donors (Lipinski definition) is 0. The molecule has 0 atom stereocenters. The zero-order valence-electron chi connectivity index (χ0n) is 25.9. The summed E-state index contributed by atoms with van der Waals surface area (Å²) in [5.74, 6) is 0.930. The zero-order chi connectivity index (χ0) is 31.4. The first-order chi connectivity index (χ1) is 23.8. The summed E-state index contributed by atoms with van der Waals surface area (Å²) >= 11 is 0. The normalized spacial score (nSPS) is 13.6. The second-order valence-electron chi connectivity index (χ2n) is 12.8. The molecule has 0 N–H and O–H groups in total. The van der Waals surface area contributed by atoms with E-state index in [1.54, 1.807) is 0 Å². The minimum Gasteiger partial charge on any atom is -0.456 e. The Balaban J connectivity index is 1.26. The van der Waals surface area contributed by atoms with Gasteiger partial charge >= 0.3 is 0 Å². The molecular formula is C45H27NO2. The molecule has 48 heavy (non-hydrogen) atoms. The lowest BCUT2D eigenvalue weighted by Gasteiger charge is -2.31. The third kappa shape index (κ3) is 3.18. The number of furan rings is 2. The lowest BCUT2D eigenvalue weighted by atomic mass is 9.70. The molecule has 9 aromatic rings. The summed E-state index contributed by atoms with van der Waals surface area (Å²) in [6, 6.07) is 58.5. The molecule has 0 aliphatic heterocycles. The van der Waals surface area contributed by atoms with E-state index in [1.807, 2.05) is 12.1 Å². The smallest absolute Gasteiger partial charge is 0.142 e. The Morgan fingerprint density at radius 3 is 1.79 bits per heavy atom. The highest BCUT2D eigenvalue weighted by Crippen LogP contribution is 2.66. The maximum absolute atomic E-state index is 6.98. The number of para-hydroxylation sites is 3. The highest BCUT2D eigenvalue weighted by Gasteiger charge is 2.55. The van der Waals surface area contributed by atoms with Crippen LogP contribution in [0.2, 0.25) is 0 Å². The largest absolute Gasteiger partial charge is 0.456 e. The van der Waals surface area contributed by atoms with Gasteiger partial charge in [0.25, 0.3) is 0 Å². The van der Waals surface area contributed by atoms with E-state index in [2.05, 4.69) is 157 Å². The van der Waals surface area contributed by atoms with Crippen LogP contribution in [0.25, 0.3) is 55.4 Å². The maximum Gasteiger partial charge on any atom is 0.142 e. The van der Waals surface area contributed by atoms with E-state index in [9.17, 15) is 0 Å². The fraction of sp³-hybridized carbons (Fsp3) is 0.0222. The molecule has 2 heterocycles. The standard InChI is InChI=1S/C45H27NO2/c1-2-13-28(14-3-1)46(29-25-26-33-32-17-6-10-23-39(32)47-41(33)27-29)38-22-12-21-37-42(38)44-43(34-18-7-11-24-40(34)48-44)45(37)35-19-8-4-15-30(35)31-16-5-9-20-36(31)45/h1-27H. The van der Waals surface area contributed by atoms with E-state index >= 15 is 0 Å². The number of nitrogens with zero attached hydrogens (tertiary/aromatic N) is 1. The van der Waals surface area contributed by atoms with E-state index in [0.717, 1.165) is 61.3 Å². The monoisotopic (exact) mass is 613 g/mol. The molecule has 7 aromatic carbocycles. The van der Waals surface area contributed by atoms with Gasteiger partial charge in [-0.25, -0.2) is 0 Å². The minimum absolute atomic E-state index is 0.522. The van der Waals surface area contributed by atoms with Gasteiger partial charge in [0.1, 0.15) is 22.5 Å². The third-order valence-corrected chi connectivity index (χ3v) is 10.5. The first kappa shape index (κ1) is 25.8. The van der Waals surface area contributed by atoms with E-state index in [-0.39, 0.29) is 0 Å². The number of rotatable bonds is 3. The van der Waals surface area contributed by atoms with Gasteiger partial charge in [0.05, 0.1) is 11.1 Å². The van der Waals surface area contributed by atoms with Crippen molar-refractivity contribution in [1.82, 2.24) is 0 Å². The molecule has 3 nitrogen and oxygen atoms in total. The molecular weight excluding hydrogens is 587 g/mol. The summed E-state index contributed by atoms with van der Waals surface area (Å²) in [6.07, 6.45) is 0. The van der Waals surface area contributed by atoms with Crippen molar-refractivity contribution in [2.75, 3.05) is 4.90 Å². The molecule has 0 unspecified atom stereocenters. The zero-order valence-corrected chi connectivity index (χ0v) is 25.9. The number of fused-ring (bicyclic) bond motifs is 15. The maximum atomic E-state index is 6.98. The average molecular weight is 614 g/mol. The molecule has 2 aliphatic rings. The summed E-state index contributed by atoms with van der Waals surface area (Å²) in [5.41, 5.74) is 14.0. The van der Waals surface area contributed by atoms with Crippen LogP contribution in [0, 0.1) is 0 Å². The number of benzene rings is 7. The predicted octanol–water partition coefficient (Wildman–Crippen LogP) is 12.1. The first-order valence-corrected chi connectivity index (χ1v) is 16.4. The quantitative estimate of drug-likeness (QED) is 0.199. The SMILES string of the molecule is c1ccc(N(c2ccc3c(c2)oc2ccccc23)c2cccc3c2-c2oc4ccccc4c2C32c3ccccc3-c3ccccc32)cc1. The van der Waals surface area contributed by atoms with Crippen molar-refractivity contribution in [2.45, 2.75) is 5.41 Å². The number of anilines is 3. The highest BCUT2D eigenvalue weighted by atomic mass is 16.3. The Morgan fingerprint density at radius 2 is 1.02 bits per heavy atom. The van der Waals surface area contributed by atoms with Crippen molar-refractivity contribution in [3.8, 4) is 22.5 Å². The van der Waals surface area contributed by atoms with Gasteiger partial charge in [0.2, 0.25) is 0 Å². The van der Waals surface area contributed by atoms with Crippen LogP contribution >= 0.6 is 0 Å². The average Bonchev–Trinajstić information content (AvgIpc) is 3.87. The molecule has 3 heteroatoms.